The molecule has 1 saturated heterocycles. The summed E-state index contributed by atoms with van der Waals surface area (Å²) >= 11 is 0. The first-order valence-corrected chi connectivity index (χ1v) is 6.77. The number of hydrogen-bond acceptors (Lipinski definition) is 4. The minimum absolute atomic E-state index is 0.0161. The average molecular weight is 248 g/mol. The maximum absolute atomic E-state index is 12.2. The summed E-state index contributed by atoms with van der Waals surface area (Å²) in [6.07, 6.45) is 8.25. The minimum atomic E-state index is 0.0161. The first-order chi connectivity index (χ1) is 8.75. The largest absolute Gasteiger partial charge is 0.347 e. The summed E-state index contributed by atoms with van der Waals surface area (Å²) in [5, 5.41) is 3.50. The van der Waals surface area contributed by atoms with Gasteiger partial charge in [0.25, 0.3) is 5.56 Å². The molecule has 1 unspecified atom stereocenters. The molecule has 1 aromatic heterocycles. The van der Waals surface area contributed by atoms with E-state index in [0.29, 0.717) is 17.9 Å². The smallest absolute Gasteiger partial charge is 0.293 e. The molecular formula is C13H20N4O. The van der Waals surface area contributed by atoms with Gasteiger partial charge in [0.2, 0.25) is 0 Å². The molecule has 98 valence electrons. The maximum Gasteiger partial charge on any atom is 0.293 e. The fourth-order valence-electron chi connectivity index (χ4n) is 2.63. The van der Waals surface area contributed by atoms with Crippen molar-refractivity contribution in [1.82, 2.24) is 14.9 Å². The van der Waals surface area contributed by atoms with E-state index in [4.69, 9.17) is 0 Å². The normalized spacial score (nSPS) is 23.3. The zero-order chi connectivity index (χ0) is 12.5. The van der Waals surface area contributed by atoms with Gasteiger partial charge in [0.15, 0.2) is 5.82 Å². The van der Waals surface area contributed by atoms with Crippen molar-refractivity contribution in [2.75, 3.05) is 18.0 Å². The van der Waals surface area contributed by atoms with E-state index in [0.717, 1.165) is 13.1 Å². The van der Waals surface area contributed by atoms with Gasteiger partial charge in [-0.3, -0.25) is 4.79 Å². The molecule has 5 nitrogen and oxygen atoms in total. The molecule has 1 aromatic rings. The summed E-state index contributed by atoms with van der Waals surface area (Å²) in [7, 11) is 1.78. The van der Waals surface area contributed by atoms with Crippen molar-refractivity contribution in [3.05, 3.63) is 22.7 Å². The van der Waals surface area contributed by atoms with Gasteiger partial charge in [-0.1, -0.05) is 0 Å². The van der Waals surface area contributed by atoms with Gasteiger partial charge < -0.3 is 14.8 Å². The van der Waals surface area contributed by atoms with Crippen LogP contribution in [0.1, 0.15) is 25.7 Å². The van der Waals surface area contributed by atoms with Crippen LogP contribution in [0.25, 0.3) is 0 Å². The maximum atomic E-state index is 12.2. The molecule has 1 aliphatic heterocycles. The van der Waals surface area contributed by atoms with Crippen molar-refractivity contribution >= 4 is 5.82 Å². The molecule has 5 heteroatoms. The van der Waals surface area contributed by atoms with Crippen LogP contribution in [-0.2, 0) is 7.05 Å². The van der Waals surface area contributed by atoms with Crippen molar-refractivity contribution in [2.24, 2.45) is 7.05 Å². The van der Waals surface area contributed by atoms with Crippen LogP contribution >= 0.6 is 0 Å². The molecular weight excluding hydrogens is 228 g/mol. The molecule has 1 atom stereocenters. The lowest BCUT2D eigenvalue weighted by Crippen LogP contribution is -2.42. The Kier molecular flexibility index (Phi) is 3.07. The molecule has 0 bridgehead atoms. The molecule has 0 radical (unpaired) electrons. The van der Waals surface area contributed by atoms with E-state index in [1.54, 1.807) is 24.0 Å². The van der Waals surface area contributed by atoms with Crippen LogP contribution in [0.3, 0.4) is 0 Å². The third-order valence-corrected chi connectivity index (χ3v) is 3.84. The van der Waals surface area contributed by atoms with Gasteiger partial charge in [0.05, 0.1) is 0 Å². The standard InChI is InChI=1S/C13H20N4O/c1-16-8-7-15-12(13(16)18)17(11-4-5-11)9-10-3-2-6-14-10/h7-8,10-11,14H,2-6,9H2,1H3. The van der Waals surface area contributed by atoms with E-state index in [9.17, 15) is 4.79 Å². The highest BCUT2D eigenvalue weighted by Crippen LogP contribution is 2.29. The molecule has 0 amide bonds. The SMILES string of the molecule is Cn1ccnc(N(CC2CCCN2)C2CC2)c1=O. The van der Waals surface area contributed by atoms with Crippen LogP contribution in [0.2, 0.25) is 0 Å². The first kappa shape index (κ1) is 11.7. The van der Waals surface area contributed by atoms with Gasteiger partial charge in [-0.15, -0.1) is 0 Å². The van der Waals surface area contributed by atoms with E-state index in [-0.39, 0.29) is 5.56 Å². The highest BCUT2D eigenvalue weighted by atomic mass is 16.1. The molecule has 1 aliphatic carbocycles. The molecule has 2 aliphatic rings. The van der Waals surface area contributed by atoms with Crippen LogP contribution in [0, 0.1) is 0 Å². The van der Waals surface area contributed by atoms with Gasteiger partial charge in [-0.25, -0.2) is 4.98 Å². The molecule has 1 N–H and O–H groups in total. The second-order valence-electron chi connectivity index (χ2n) is 5.34. The Hall–Kier alpha value is -1.36. The fourth-order valence-corrected chi connectivity index (χ4v) is 2.63. The summed E-state index contributed by atoms with van der Waals surface area (Å²) in [6.45, 7) is 2.01. The molecule has 2 heterocycles. The monoisotopic (exact) mass is 248 g/mol. The Morgan fingerprint density at radius 1 is 1.50 bits per heavy atom. The van der Waals surface area contributed by atoms with Crippen LogP contribution in [-0.4, -0.2) is 34.7 Å². The Morgan fingerprint density at radius 2 is 2.33 bits per heavy atom. The Morgan fingerprint density at radius 3 is 3.00 bits per heavy atom. The highest BCUT2D eigenvalue weighted by Gasteiger charge is 2.33. The second kappa shape index (κ2) is 4.72. The second-order valence-corrected chi connectivity index (χ2v) is 5.34. The van der Waals surface area contributed by atoms with E-state index in [1.165, 1.54) is 25.7 Å². The van der Waals surface area contributed by atoms with E-state index >= 15 is 0 Å². The Bertz CT molecular complexity index is 474. The fraction of sp³-hybridized carbons (Fsp3) is 0.692. The van der Waals surface area contributed by atoms with Gasteiger partial charge in [0.1, 0.15) is 0 Å². The number of anilines is 1. The third-order valence-electron chi connectivity index (χ3n) is 3.84. The van der Waals surface area contributed by atoms with Crippen molar-refractivity contribution < 1.29 is 0 Å². The summed E-state index contributed by atoms with van der Waals surface area (Å²) in [6, 6.07) is 1.03. The minimum Gasteiger partial charge on any atom is -0.347 e. The molecule has 2 fully saturated rings. The lowest BCUT2D eigenvalue weighted by atomic mass is 10.2. The van der Waals surface area contributed by atoms with Gasteiger partial charge in [-0.2, -0.15) is 0 Å². The van der Waals surface area contributed by atoms with E-state index in [1.807, 2.05) is 0 Å². The van der Waals surface area contributed by atoms with Crippen molar-refractivity contribution in [3.8, 4) is 0 Å². The van der Waals surface area contributed by atoms with Gasteiger partial charge in [-0.05, 0) is 32.2 Å². The molecule has 0 aromatic carbocycles. The number of hydrogen-bond donors (Lipinski definition) is 1. The van der Waals surface area contributed by atoms with Gasteiger partial charge >= 0.3 is 0 Å². The molecule has 0 spiro atoms. The lowest BCUT2D eigenvalue weighted by Gasteiger charge is -2.26. The lowest BCUT2D eigenvalue weighted by molar-refractivity contribution is 0.572. The van der Waals surface area contributed by atoms with Crippen LogP contribution < -0.4 is 15.8 Å². The summed E-state index contributed by atoms with van der Waals surface area (Å²) < 4.78 is 1.61. The van der Waals surface area contributed by atoms with Crippen LogP contribution in [0.4, 0.5) is 5.82 Å². The number of nitrogens with one attached hydrogen (secondary N) is 1. The topological polar surface area (TPSA) is 50.2 Å². The summed E-state index contributed by atoms with van der Waals surface area (Å²) in [5.74, 6) is 0.621. The molecule has 1 saturated carbocycles. The number of nitrogens with zero attached hydrogens (tertiary/aromatic N) is 3. The van der Waals surface area contributed by atoms with Crippen LogP contribution in [0.15, 0.2) is 17.2 Å². The van der Waals surface area contributed by atoms with E-state index in [2.05, 4.69) is 15.2 Å². The first-order valence-electron chi connectivity index (χ1n) is 6.77. The summed E-state index contributed by atoms with van der Waals surface area (Å²) in [4.78, 5) is 18.7. The number of aromatic nitrogens is 2. The Labute approximate surface area is 107 Å². The molecule has 3 rings (SSSR count). The predicted octanol–water partition coefficient (Wildman–Crippen LogP) is 0.501. The van der Waals surface area contributed by atoms with Gasteiger partial charge in [0, 0.05) is 38.1 Å². The van der Waals surface area contributed by atoms with Crippen molar-refractivity contribution in [1.29, 1.82) is 0 Å². The zero-order valence-electron chi connectivity index (χ0n) is 10.8. The average Bonchev–Trinajstić information content (AvgIpc) is 3.08. The zero-order valence-corrected chi connectivity index (χ0v) is 10.8. The third kappa shape index (κ3) is 2.27. The number of aryl methyl sites for hydroxylation is 1. The van der Waals surface area contributed by atoms with Crippen molar-refractivity contribution in [2.45, 2.75) is 37.8 Å². The number of rotatable bonds is 4. The van der Waals surface area contributed by atoms with E-state index < -0.39 is 0 Å². The molecule has 18 heavy (non-hydrogen) atoms. The quantitative estimate of drug-likeness (QED) is 0.843. The van der Waals surface area contributed by atoms with Crippen LogP contribution in [0.5, 0.6) is 0 Å². The highest BCUT2D eigenvalue weighted by molar-refractivity contribution is 5.39. The summed E-state index contributed by atoms with van der Waals surface area (Å²) in [5.41, 5.74) is 0.0161. The Balaban J connectivity index is 1.84. The predicted molar refractivity (Wildman–Crippen MR) is 70.9 cm³/mol. The van der Waals surface area contributed by atoms with Crippen molar-refractivity contribution in [3.63, 3.8) is 0 Å².